The summed E-state index contributed by atoms with van der Waals surface area (Å²) in [6.45, 7) is 25.2. The summed E-state index contributed by atoms with van der Waals surface area (Å²) < 4.78 is 19.5. The number of ether oxygens (including phenoxy) is 2. The van der Waals surface area contributed by atoms with E-state index >= 15 is 0 Å². The van der Waals surface area contributed by atoms with Gasteiger partial charge in [-0.1, -0.05) is 123 Å². The minimum absolute atomic E-state index is 0.0100. The van der Waals surface area contributed by atoms with Gasteiger partial charge in [0.05, 0.1) is 11.4 Å². The maximum atomic E-state index is 7.18. The molecule has 0 unspecified atom stereocenters. The largest absolute Gasteiger partial charge is 0.454 e. The van der Waals surface area contributed by atoms with Crippen molar-refractivity contribution < 1.29 is 13.9 Å². The Bertz CT molecular complexity index is 2830. The number of hydrogen-bond donors (Lipinski definition) is 0. The van der Waals surface area contributed by atoms with Crippen LogP contribution in [0.15, 0.2) is 114 Å². The first-order chi connectivity index (χ1) is 28.0. The van der Waals surface area contributed by atoms with Gasteiger partial charge in [0.25, 0.3) is 6.71 Å². The first-order valence-corrected chi connectivity index (χ1v) is 21.0. The van der Waals surface area contributed by atoms with Gasteiger partial charge < -0.3 is 18.8 Å². The van der Waals surface area contributed by atoms with Crippen LogP contribution in [-0.2, 0) is 16.2 Å². The van der Waals surface area contributed by atoms with E-state index in [4.69, 9.17) is 13.9 Å². The normalized spacial score (nSPS) is 14.5. The number of anilines is 6. The van der Waals surface area contributed by atoms with Crippen LogP contribution in [0.4, 0.5) is 34.3 Å². The zero-order chi connectivity index (χ0) is 41.3. The molecule has 0 fully saturated rings. The minimum atomic E-state index is -0.145. The van der Waals surface area contributed by atoms with Crippen LogP contribution in [0, 0.1) is 13.8 Å². The SMILES string of the molecule is Cc1cc(C(C)(C)C)cc(C)c1N1c2cccc3c2B(c2cc4c(cc2N3c2ccc(C(C)(C)C)cc2-c2ccccc2)OCO4)c2c1oc1ccc(C(C)(C)C)cc21. The number of fused-ring (bicyclic) bond motifs is 7. The predicted octanol–water partition coefficient (Wildman–Crippen LogP) is 12.4. The highest BCUT2D eigenvalue weighted by Crippen LogP contribution is 2.51. The topological polar surface area (TPSA) is 38.1 Å². The van der Waals surface area contributed by atoms with Gasteiger partial charge in [-0.05, 0) is 117 Å². The van der Waals surface area contributed by atoms with Gasteiger partial charge in [-0.25, -0.2) is 0 Å². The highest BCUT2D eigenvalue weighted by molar-refractivity contribution is 7.01. The molecule has 0 N–H and O–H groups in total. The number of aryl methyl sites for hydroxylation is 2. The Morgan fingerprint density at radius 2 is 1.14 bits per heavy atom. The third-order valence-electron chi connectivity index (χ3n) is 12.7. The average Bonchev–Trinajstić information content (AvgIpc) is 3.81. The summed E-state index contributed by atoms with van der Waals surface area (Å²) >= 11 is 0. The van der Waals surface area contributed by atoms with Crippen LogP contribution in [0.2, 0.25) is 0 Å². The van der Waals surface area contributed by atoms with E-state index < -0.39 is 0 Å². The van der Waals surface area contributed by atoms with E-state index in [9.17, 15) is 0 Å². The summed E-state index contributed by atoms with van der Waals surface area (Å²) in [5.74, 6) is 2.40. The molecule has 0 spiro atoms. The number of benzene rings is 6. The number of nitrogens with zero attached hydrogens (tertiary/aromatic N) is 2. The third kappa shape index (κ3) is 5.81. The van der Waals surface area contributed by atoms with Gasteiger partial charge >= 0.3 is 0 Å². The van der Waals surface area contributed by atoms with Crippen molar-refractivity contribution in [1.29, 1.82) is 0 Å². The lowest BCUT2D eigenvalue weighted by Gasteiger charge is -2.43. The molecule has 0 radical (unpaired) electrons. The Labute approximate surface area is 349 Å². The van der Waals surface area contributed by atoms with Gasteiger partial charge in [-0.3, -0.25) is 4.90 Å². The van der Waals surface area contributed by atoms with E-state index in [0.29, 0.717) is 0 Å². The molecule has 10 rings (SSSR count). The fourth-order valence-corrected chi connectivity index (χ4v) is 9.58. The number of rotatable bonds is 3. The molecular formula is C53H53BN2O3. The Kier molecular flexibility index (Phi) is 8.12. The molecule has 0 aliphatic carbocycles. The molecule has 6 heteroatoms. The van der Waals surface area contributed by atoms with Crippen LogP contribution < -0.4 is 35.7 Å². The van der Waals surface area contributed by atoms with Crippen LogP contribution in [-0.4, -0.2) is 13.5 Å². The Balaban J connectivity index is 1.33. The maximum Gasteiger partial charge on any atom is 0.257 e. The molecule has 5 nitrogen and oxygen atoms in total. The molecule has 7 aromatic rings. The monoisotopic (exact) mass is 776 g/mol. The molecule has 1 aromatic heterocycles. The van der Waals surface area contributed by atoms with Crippen LogP contribution in [0.25, 0.3) is 22.1 Å². The molecule has 0 saturated heterocycles. The first-order valence-electron chi connectivity index (χ1n) is 21.0. The van der Waals surface area contributed by atoms with Crippen LogP contribution in [0.1, 0.15) is 90.1 Å². The minimum Gasteiger partial charge on any atom is -0.454 e. The molecule has 4 heterocycles. The van der Waals surface area contributed by atoms with E-state index in [0.717, 1.165) is 62.3 Å². The van der Waals surface area contributed by atoms with E-state index in [1.807, 2.05) is 0 Å². The van der Waals surface area contributed by atoms with Crippen molar-refractivity contribution in [3.05, 3.63) is 137 Å². The molecule has 0 saturated carbocycles. The number of hydrogen-bond acceptors (Lipinski definition) is 5. The van der Waals surface area contributed by atoms with Crippen molar-refractivity contribution in [2.75, 3.05) is 16.6 Å². The summed E-state index contributed by atoms with van der Waals surface area (Å²) in [4.78, 5) is 4.91. The summed E-state index contributed by atoms with van der Waals surface area (Å²) in [6, 6.07) is 40.6. The Hall–Kier alpha value is -5.88. The zero-order valence-corrected chi connectivity index (χ0v) is 36.3. The van der Waals surface area contributed by atoms with Crippen LogP contribution in [0.3, 0.4) is 0 Å². The van der Waals surface area contributed by atoms with Crippen LogP contribution >= 0.6 is 0 Å². The second kappa shape index (κ2) is 12.8. The van der Waals surface area contributed by atoms with Crippen LogP contribution in [0.5, 0.6) is 11.5 Å². The predicted molar refractivity (Wildman–Crippen MR) is 247 cm³/mol. The van der Waals surface area contributed by atoms with Gasteiger partial charge in [0.2, 0.25) is 12.7 Å². The lowest BCUT2D eigenvalue weighted by Crippen LogP contribution is -2.61. The molecule has 3 aliphatic rings. The highest BCUT2D eigenvalue weighted by Gasteiger charge is 2.48. The van der Waals surface area contributed by atoms with Gasteiger partial charge in [0, 0.05) is 39.5 Å². The summed E-state index contributed by atoms with van der Waals surface area (Å²) in [7, 11) is 0. The lowest BCUT2D eigenvalue weighted by molar-refractivity contribution is 0.174. The van der Waals surface area contributed by atoms with E-state index in [1.54, 1.807) is 0 Å². The second-order valence-electron chi connectivity index (χ2n) is 19.9. The zero-order valence-electron chi connectivity index (χ0n) is 36.3. The maximum absolute atomic E-state index is 7.18. The van der Waals surface area contributed by atoms with Gasteiger partial charge in [0.15, 0.2) is 11.5 Å². The molecule has 0 atom stereocenters. The quantitative estimate of drug-likeness (QED) is 0.167. The van der Waals surface area contributed by atoms with E-state index in [-0.39, 0.29) is 29.8 Å². The van der Waals surface area contributed by atoms with E-state index in [1.165, 1.54) is 49.9 Å². The van der Waals surface area contributed by atoms with Crippen molar-refractivity contribution in [1.82, 2.24) is 0 Å². The van der Waals surface area contributed by atoms with Crippen molar-refractivity contribution in [3.63, 3.8) is 0 Å². The van der Waals surface area contributed by atoms with Crippen molar-refractivity contribution in [2.45, 2.75) is 92.4 Å². The molecule has 3 aliphatic heterocycles. The van der Waals surface area contributed by atoms with Crippen molar-refractivity contribution in [2.24, 2.45) is 0 Å². The van der Waals surface area contributed by atoms with Gasteiger partial charge in [-0.2, -0.15) is 0 Å². The lowest BCUT2D eigenvalue weighted by atomic mass is 9.33. The molecular weight excluding hydrogens is 723 g/mol. The van der Waals surface area contributed by atoms with Crippen molar-refractivity contribution >= 4 is 68.4 Å². The van der Waals surface area contributed by atoms with Crippen molar-refractivity contribution in [3.8, 4) is 22.6 Å². The van der Waals surface area contributed by atoms with Gasteiger partial charge in [0.1, 0.15) is 5.58 Å². The first kappa shape index (κ1) is 37.4. The third-order valence-corrected chi connectivity index (χ3v) is 12.7. The summed E-state index contributed by atoms with van der Waals surface area (Å²) in [5.41, 5.74) is 18.7. The highest BCUT2D eigenvalue weighted by atomic mass is 16.7. The molecule has 59 heavy (non-hydrogen) atoms. The fourth-order valence-electron chi connectivity index (χ4n) is 9.58. The average molecular weight is 777 g/mol. The van der Waals surface area contributed by atoms with E-state index in [2.05, 4.69) is 195 Å². The Morgan fingerprint density at radius 3 is 1.80 bits per heavy atom. The molecule has 0 amide bonds. The Morgan fingerprint density at radius 1 is 0.525 bits per heavy atom. The number of furan rings is 1. The fraction of sp³-hybridized carbons (Fsp3) is 0.283. The van der Waals surface area contributed by atoms with Gasteiger partial charge in [-0.15, -0.1) is 0 Å². The molecule has 0 bridgehead atoms. The summed E-state index contributed by atoms with van der Waals surface area (Å²) in [6.07, 6.45) is 0. The molecule has 6 aromatic carbocycles. The molecule has 296 valence electrons. The smallest absolute Gasteiger partial charge is 0.257 e. The standard InChI is InChI=1S/C53H53BN2O3/c1-31-24-36(53(9,10)11)25-32(2)49(31)56-42-19-15-18-41-48(42)54(47-38-27-35(52(6,7)8)21-23-44(38)59-50(47)56)39-28-45-46(58-30-57-45)29-43(39)55(41)40-22-20-34(51(3,4)5)26-37(40)33-16-13-12-14-17-33/h12-29H,30H2,1-11H3. The second-order valence-corrected chi connectivity index (χ2v) is 19.9. The summed E-state index contributed by atoms with van der Waals surface area (Å²) in [5, 5.41) is 1.14.